The van der Waals surface area contributed by atoms with Crippen LogP contribution >= 0.6 is 22.7 Å². The fourth-order valence-electron chi connectivity index (χ4n) is 12.0. The first-order chi connectivity index (χ1) is 31.6. The predicted octanol–water partition coefficient (Wildman–Crippen LogP) is 19.3. The SMILES string of the molecule is C/C=C\c1c(C)c2c3cc4ccccc4cc3ccc2c2c1c1c3ccc4cc5ccccc5cc4c3c3sccc3c1c1c3ccc4cc5ccccc5cc4c3c3sccc3c21. The summed E-state index contributed by atoms with van der Waals surface area (Å²) in [6.45, 7) is 4.56. The van der Waals surface area contributed by atoms with Crippen LogP contribution in [0.4, 0.5) is 0 Å². The fraction of sp³-hybridized carbons (Fsp3) is 0.0323. The minimum Gasteiger partial charge on any atom is -0.143 e. The molecule has 64 heavy (non-hydrogen) atoms. The predicted molar refractivity (Wildman–Crippen MR) is 287 cm³/mol. The van der Waals surface area contributed by atoms with Crippen LogP contribution in [0.2, 0.25) is 0 Å². The van der Waals surface area contributed by atoms with Crippen molar-refractivity contribution in [2.45, 2.75) is 13.8 Å². The van der Waals surface area contributed by atoms with Crippen LogP contribution in [0.1, 0.15) is 18.1 Å². The summed E-state index contributed by atoms with van der Waals surface area (Å²) < 4.78 is 2.72. The Morgan fingerprint density at radius 3 is 1.09 bits per heavy atom. The van der Waals surface area contributed by atoms with E-state index in [-0.39, 0.29) is 0 Å². The van der Waals surface area contributed by atoms with Crippen molar-refractivity contribution in [1.82, 2.24) is 0 Å². The topological polar surface area (TPSA) is 0 Å². The highest BCUT2D eigenvalue weighted by atomic mass is 32.1. The molecular formula is C62H36S2. The molecule has 0 saturated heterocycles. The third-order valence-corrected chi connectivity index (χ3v) is 16.5. The number of allylic oxidation sites excluding steroid dienone is 1. The van der Waals surface area contributed by atoms with Gasteiger partial charge in [0.1, 0.15) is 0 Å². The maximum absolute atomic E-state index is 2.46. The molecule has 15 aromatic rings. The van der Waals surface area contributed by atoms with Crippen molar-refractivity contribution >= 4 is 178 Å². The fourth-order valence-corrected chi connectivity index (χ4v) is 14.0. The van der Waals surface area contributed by atoms with E-state index in [4.69, 9.17) is 0 Å². The molecule has 0 spiro atoms. The number of benzene rings is 13. The number of aryl methyl sites for hydroxylation is 1. The van der Waals surface area contributed by atoms with Crippen molar-refractivity contribution in [2.75, 3.05) is 0 Å². The highest BCUT2D eigenvalue weighted by Crippen LogP contribution is 2.55. The summed E-state index contributed by atoms with van der Waals surface area (Å²) in [4.78, 5) is 0. The van der Waals surface area contributed by atoms with Crippen molar-refractivity contribution in [3.8, 4) is 0 Å². The lowest BCUT2D eigenvalue weighted by Crippen LogP contribution is -1.96. The first-order valence-electron chi connectivity index (χ1n) is 22.3. The van der Waals surface area contributed by atoms with Gasteiger partial charge in [-0.3, -0.25) is 0 Å². The number of fused-ring (bicyclic) bond motifs is 27. The summed E-state index contributed by atoms with van der Waals surface area (Å²) >= 11 is 3.78. The van der Waals surface area contributed by atoms with E-state index >= 15 is 0 Å². The summed E-state index contributed by atoms with van der Waals surface area (Å²) in [7, 11) is 0. The van der Waals surface area contributed by atoms with Gasteiger partial charge in [-0.05, 0) is 192 Å². The zero-order chi connectivity index (χ0) is 41.9. The van der Waals surface area contributed by atoms with Crippen LogP contribution in [0.3, 0.4) is 0 Å². The van der Waals surface area contributed by atoms with Gasteiger partial charge in [0.2, 0.25) is 0 Å². The zero-order valence-electron chi connectivity index (χ0n) is 35.1. The van der Waals surface area contributed by atoms with Gasteiger partial charge >= 0.3 is 0 Å². The van der Waals surface area contributed by atoms with Gasteiger partial charge in [-0.1, -0.05) is 121 Å². The Hall–Kier alpha value is -7.36. The molecule has 0 saturated carbocycles. The van der Waals surface area contributed by atoms with Gasteiger partial charge in [-0.25, -0.2) is 0 Å². The Kier molecular flexibility index (Phi) is 6.94. The molecule has 0 N–H and O–H groups in total. The van der Waals surface area contributed by atoms with Gasteiger partial charge in [0.05, 0.1) is 0 Å². The monoisotopic (exact) mass is 844 g/mol. The quantitative estimate of drug-likeness (QED) is 0.114. The largest absolute Gasteiger partial charge is 0.143 e. The zero-order valence-corrected chi connectivity index (χ0v) is 36.8. The van der Waals surface area contributed by atoms with E-state index in [1.165, 1.54) is 161 Å². The smallest absolute Gasteiger partial charge is 0.0434 e. The number of hydrogen-bond donors (Lipinski definition) is 0. The molecule has 13 aromatic carbocycles. The summed E-state index contributed by atoms with van der Waals surface area (Å²) in [5, 5.41) is 38.9. The Bertz CT molecular complexity index is 4610. The molecule has 2 heteroatoms. The van der Waals surface area contributed by atoms with E-state index in [0.717, 1.165) is 0 Å². The van der Waals surface area contributed by atoms with Gasteiger partial charge in [0.25, 0.3) is 0 Å². The van der Waals surface area contributed by atoms with Crippen LogP contribution in [0.15, 0.2) is 175 Å². The summed E-state index contributed by atoms with van der Waals surface area (Å²) in [5.41, 5.74) is 2.63. The van der Waals surface area contributed by atoms with Gasteiger partial charge < -0.3 is 0 Å². The second-order valence-corrected chi connectivity index (χ2v) is 19.7. The van der Waals surface area contributed by atoms with Gasteiger partial charge in [-0.15, -0.1) is 22.7 Å². The second-order valence-electron chi connectivity index (χ2n) is 17.8. The highest BCUT2D eigenvalue weighted by molar-refractivity contribution is 7.19. The third kappa shape index (κ3) is 4.47. The first-order valence-corrected chi connectivity index (χ1v) is 24.0. The van der Waals surface area contributed by atoms with Crippen LogP contribution < -0.4 is 0 Å². The lowest BCUT2D eigenvalue weighted by molar-refractivity contribution is 1.54. The third-order valence-electron chi connectivity index (χ3n) is 14.7. The number of thiophene rings is 2. The Morgan fingerprint density at radius 1 is 0.312 bits per heavy atom. The van der Waals surface area contributed by atoms with Crippen LogP contribution in [-0.2, 0) is 0 Å². The van der Waals surface area contributed by atoms with Crippen LogP contribution in [-0.4, -0.2) is 0 Å². The highest BCUT2D eigenvalue weighted by Gasteiger charge is 2.26. The molecule has 0 aliphatic rings. The van der Waals surface area contributed by atoms with E-state index in [1.807, 2.05) is 22.7 Å². The molecular weight excluding hydrogens is 809 g/mol. The van der Waals surface area contributed by atoms with Crippen molar-refractivity contribution in [2.24, 2.45) is 0 Å². The minimum absolute atomic E-state index is 1.27. The second kappa shape index (κ2) is 12.6. The van der Waals surface area contributed by atoms with Crippen molar-refractivity contribution in [3.63, 3.8) is 0 Å². The molecule has 0 atom stereocenters. The molecule has 0 aliphatic carbocycles. The van der Waals surface area contributed by atoms with E-state index in [1.54, 1.807) is 0 Å². The normalized spacial score (nSPS) is 12.8. The molecule has 0 nitrogen and oxygen atoms in total. The van der Waals surface area contributed by atoms with Gasteiger partial charge in [0.15, 0.2) is 0 Å². The molecule has 0 fully saturated rings. The molecule has 0 radical (unpaired) electrons. The lowest BCUT2D eigenvalue weighted by Gasteiger charge is -2.23. The molecule has 2 heterocycles. The van der Waals surface area contributed by atoms with Crippen LogP contribution in [0.25, 0.3) is 156 Å². The van der Waals surface area contributed by atoms with Crippen LogP contribution in [0.5, 0.6) is 0 Å². The van der Waals surface area contributed by atoms with Crippen molar-refractivity contribution < 1.29 is 0 Å². The van der Waals surface area contributed by atoms with Crippen LogP contribution in [0, 0.1) is 6.92 Å². The molecule has 2 aromatic heterocycles. The molecule has 0 bridgehead atoms. The van der Waals surface area contributed by atoms with E-state index in [2.05, 4.69) is 194 Å². The molecule has 0 aliphatic heterocycles. The molecule has 0 amide bonds. The summed E-state index contributed by atoms with van der Waals surface area (Å²) in [6.07, 6.45) is 4.67. The summed E-state index contributed by atoms with van der Waals surface area (Å²) in [6, 6.07) is 60.4. The average molecular weight is 845 g/mol. The molecule has 296 valence electrons. The number of rotatable bonds is 1. The van der Waals surface area contributed by atoms with Gasteiger partial charge in [0, 0.05) is 41.7 Å². The van der Waals surface area contributed by atoms with E-state index < -0.39 is 0 Å². The van der Waals surface area contributed by atoms with Gasteiger partial charge in [-0.2, -0.15) is 0 Å². The summed E-state index contributed by atoms with van der Waals surface area (Å²) in [5.74, 6) is 0. The minimum atomic E-state index is 1.27. The van der Waals surface area contributed by atoms with Crippen molar-refractivity contribution in [1.29, 1.82) is 0 Å². The van der Waals surface area contributed by atoms with E-state index in [9.17, 15) is 0 Å². The first kappa shape index (κ1) is 35.1. The molecule has 15 rings (SSSR count). The standard InChI is InChI=1S/C62H36S2/c1-3-10-43-33(2)52-44(20-17-40-27-34-11-4-7-14-37(34)30-49(40)52)56-55(43)57-45-21-18-41-28-35-12-5-8-15-38(35)31-50(41)53(45)62-48(24-26-64-62)60(57)58-46-22-19-42-29-36-13-6-9-16-39(36)32-51(42)54(46)61-47(59(56)58)23-25-63-61/h3-32H,1-2H3/b10-3-. The lowest BCUT2D eigenvalue weighted by atomic mass is 9.80. The maximum Gasteiger partial charge on any atom is 0.0434 e. The Balaban J connectivity index is 1.30. The number of hydrogen-bond acceptors (Lipinski definition) is 2. The van der Waals surface area contributed by atoms with E-state index in [0.29, 0.717) is 0 Å². The average Bonchev–Trinajstić information content (AvgIpc) is 4.04. The molecule has 0 unspecified atom stereocenters. The Labute approximate surface area is 375 Å². The Morgan fingerprint density at radius 2 is 0.672 bits per heavy atom. The maximum atomic E-state index is 2.46. The van der Waals surface area contributed by atoms with Crippen molar-refractivity contribution in [3.05, 3.63) is 186 Å².